The van der Waals surface area contributed by atoms with Crippen LogP contribution in [0.1, 0.15) is 81.3 Å². The van der Waals surface area contributed by atoms with Crippen molar-refractivity contribution < 1.29 is 33.4 Å². The highest BCUT2D eigenvalue weighted by molar-refractivity contribution is 5.88. The minimum atomic E-state index is -0.901. The number of amides is 4. The molecule has 5 aromatic rings. The number of aromatic amines is 2. The predicted octanol–water partition coefficient (Wildman–Crippen LogP) is 5.97. The monoisotopic (exact) mass is 802 g/mol. The maximum Gasteiger partial charge on any atom is 0.407 e. The van der Waals surface area contributed by atoms with Crippen molar-refractivity contribution in [1.29, 1.82) is 0 Å². The summed E-state index contributed by atoms with van der Waals surface area (Å²) < 4.78 is 14.9. The molecule has 0 spiro atoms. The molecule has 2 aliphatic rings. The van der Waals surface area contributed by atoms with Gasteiger partial charge in [0.15, 0.2) is 0 Å². The topological polar surface area (TPSA) is 184 Å². The molecule has 0 radical (unpaired) electrons. The number of imidazole rings is 2. The highest BCUT2D eigenvalue weighted by Crippen LogP contribution is 2.35. The van der Waals surface area contributed by atoms with Crippen molar-refractivity contribution in [2.24, 2.45) is 5.92 Å². The fourth-order valence-corrected chi connectivity index (χ4v) is 7.91. The van der Waals surface area contributed by atoms with E-state index in [9.17, 15) is 19.2 Å². The van der Waals surface area contributed by atoms with Crippen molar-refractivity contribution in [2.75, 3.05) is 34.4 Å². The fourth-order valence-electron chi connectivity index (χ4n) is 7.91. The Balaban J connectivity index is 1.03. The third kappa shape index (κ3) is 8.73. The maximum atomic E-state index is 13.7. The number of alkyl carbamates (subject to hydrolysis) is 2. The lowest BCUT2D eigenvalue weighted by molar-refractivity contribution is -0.137. The van der Waals surface area contributed by atoms with Crippen molar-refractivity contribution in [2.45, 2.75) is 76.7 Å². The van der Waals surface area contributed by atoms with E-state index in [0.717, 1.165) is 70.0 Å². The van der Waals surface area contributed by atoms with E-state index in [2.05, 4.69) is 38.5 Å². The minimum absolute atomic E-state index is 0.115. The number of H-pyrrole nitrogens is 2. The van der Waals surface area contributed by atoms with Crippen LogP contribution in [0.25, 0.3) is 33.2 Å². The van der Waals surface area contributed by atoms with Gasteiger partial charge in [0.1, 0.15) is 23.7 Å². The Morgan fingerprint density at radius 3 is 1.73 bits per heavy atom. The number of nitrogens with one attached hydrogen (secondary N) is 4. The van der Waals surface area contributed by atoms with Crippen LogP contribution in [0.3, 0.4) is 0 Å². The number of benzene rings is 3. The molecule has 308 valence electrons. The molecule has 4 N–H and O–H groups in total. The van der Waals surface area contributed by atoms with Gasteiger partial charge >= 0.3 is 12.2 Å². The molecule has 15 nitrogen and oxygen atoms in total. The van der Waals surface area contributed by atoms with Gasteiger partial charge in [-0.15, -0.1) is 0 Å². The van der Waals surface area contributed by atoms with E-state index in [1.54, 1.807) is 16.7 Å². The van der Waals surface area contributed by atoms with Crippen LogP contribution in [0.15, 0.2) is 60.7 Å². The Morgan fingerprint density at radius 2 is 1.17 bits per heavy atom. The van der Waals surface area contributed by atoms with Crippen LogP contribution in [-0.2, 0) is 23.8 Å². The molecule has 5 atom stereocenters. The summed E-state index contributed by atoms with van der Waals surface area (Å²) in [6.45, 7) is 6.65. The molecule has 15 heteroatoms. The predicted molar refractivity (Wildman–Crippen MR) is 221 cm³/mol. The van der Waals surface area contributed by atoms with E-state index < -0.39 is 30.4 Å². The van der Waals surface area contributed by atoms with E-state index in [0.29, 0.717) is 24.7 Å². The van der Waals surface area contributed by atoms with Crippen molar-refractivity contribution in [3.05, 3.63) is 83.4 Å². The second kappa shape index (κ2) is 17.6. The number of aromatic nitrogens is 4. The average Bonchev–Trinajstić information content (AvgIpc) is 4.08. The van der Waals surface area contributed by atoms with Gasteiger partial charge in [-0.05, 0) is 92.1 Å². The molecule has 2 aliphatic heterocycles. The van der Waals surface area contributed by atoms with Gasteiger partial charge in [0.25, 0.3) is 0 Å². The van der Waals surface area contributed by atoms with Crippen LogP contribution >= 0.6 is 0 Å². The van der Waals surface area contributed by atoms with Gasteiger partial charge in [-0.2, -0.15) is 0 Å². The SMILES string of the molecule is COC(=O)NC(C(=O)N1CCC[C@H]1c1nc2ccc(C#Cc3ccc(-c4ccc5nc([C@@H]6CCCN6C(=O)[C@@H](NC(=O)OC)[C@@H](C)OC)[nH]c5c4)cc3)cc2[nH]1)C(C)C. The zero-order chi connectivity index (χ0) is 41.8. The molecular formula is C44H50N8O7. The summed E-state index contributed by atoms with van der Waals surface area (Å²) in [6.07, 6.45) is 1.26. The largest absolute Gasteiger partial charge is 0.453 e. The first-order valence-corrected chi connectivity index (χ1v) is 19.9. The number of methoxy groups -OCH3 is 3. The normalized spacial score (nSPS) is 18.0. The van der Waals surface area contributed by atoms with Crippen LogP contribution in [0, 0.1) is 17.8 Å². The van der Waals surface area contributed by atoms with Crippen LogP contribution in [0.2, 0.25) is 0 Å². The molecule has 2 saturated heterocycles. The Morgan fingerprint density at radius 1 is 0.678 bits per heavy atom. The lowest BCUT2D eigenvalue weighted by Gasteiger charge is -2.30. The van der Waals surface area contributed by atoms with Gasteiger partial charge in [0.05, 0.1) is 54.5 Å². The molecule has 0 saturated carbocycles. The highest BCUT2D eigenvalue weighted by Gasteiger charge is 2.39. The molecule has 0 aliphatic carbocycles. The molecule has 7 rings (SSSR count). The lowest BCUT2D eigenvalue weighted by atomic mass is 10.0. The summed E-state index contributed by atoms with van der Waals surface area (Å²) in [5, 5.41) is 5.32. The summed E-state index contributed by atoms with van der Waals surface area (Å²) >= 11 is 0. The van der Waals surface area contributed by atoms with E-state index in [4.69, 9.17) is 24.2 Å². The minimum Gasteiger partial charge on any atom is -0.453 e. The Bertz CT molecular complexity index is 2410. The van der Waals surface area contributed by atoms with Gasteiger partial charge in [-0.3, -0.25) is 9.59 Å². The summed E-state index contributed by atoms with van der Waals surface area (Å²) in [6, 6.07) is 17.8. The third-order valence-corrected chi connectivity index (χ3v) is 11.2. The number of carbonyl (C=O) groups is 4. The second-order valence-corrected chi connectivity index (χ2v) is 15.3. The van der Waals surface area contributed by atoms with E-state index in [-0.39, 0.29) is 29.8 Å². The third-order valence-electron chi connectivity index (χ3n) is 11.2. The smallest absolute Gasteiger partial charge is 0.407 e. The first-order chi connectivity index (χ1) is 28.5. The van der Waals surface area contributed by atoms with E-state index in [1.807, 2.05) is 68.4 Å². The summed E-state index contributed by atoms with van der Waals surface area (Å²) in [5.74, 6) is 7.44. The first kappa shape index (κ1) is 40.8. The molecule has 3 aromatic carbocycles. The number of rotatable bonds is 10. The highest BCUT2D eigenvalue weighted by atomic mass is 16.5. The number of fused-ring (bicyclic) bond motifs is 2. The van der Waals surface area contributed by atoms with Crippen LogP contribution in [-0.4, -0.2) is 106 Å². The molecule has 4 amide bonds. The van der Waals surface area contributed by atoms with Crippen molar-refractivity contribution in [1.82, 2.24) is 40.4 Å². The molecule has 2 aromatic heterocycles. The van der Waals surface area contributed by atoms with Gasteiger partial charge < -0.3 is 44.6 Å². The Hall–Kier alpha value is -6.40. The van der Waals surface area contributed by atoms with E-state index >= 15 is 0 Å². The van der Waals surface area contributed by atoms with Crippen molar-refractivity contribution >= 4 is 46.1 Å². The maximum absolute atomic E-state index is 13.7. The van der Waals surface area contributed by atoms with Gasteiger partial charge in [0.2, 0.25) is 11.8 Å². The van der Waals surface area contributed by atoms with Crippen LogP contribution < -0.4 is 10.6 Å². The number of ether oxygens (including phenoxy) is 3. The Labute approximate surface area is 342 Å². The van der Waals surface area contributed by atoms with Crippen molar-refractivity contribution in [3.8, 4) is 23.0 Å². The van der Waals surface area contributed by atoms with Gasteiger partial charge in [0, 0.05) is 31.3 Å². The van der Waals surface area contributed by atoms with Crippen LogP contribution in [0.4, 0.5) is 9.59 Å². The summed E-state index contributed by atoms with van der Waals surface area (Å²) in [7, 11) is 4.04. The van der Waals surface area contributed by atoms with Gasteiger partial charge in [-0.25, -0.2) is 19.6 Å². The zero-order valence-corrected chi connectivity index (χ0v) is 34.1. The first-order valence-electron chi connectivity index (χ1n) is 19.9. The van der Waals surface area contributed by atoms with Gasteiger partial charge in [-0.1, -0.05) is 43.9 Å². The lowest BCUT2D eigenvalue weighted by Crippen LogP contribution is -2.54. The molecule has 0 bridgehead atoms. The summed E-state index contributed by atoms with van der Waals surface area (Å²) in [4.78, 5) is 71.4. The van der Waals surface area contributed by atoms with E-state index in [1.165, 1.54) is 21.3 Å². The fraction of sp³-hybridized carbons (Fsp3) is 0.409. The molecular weight excluding hydrogens is 753 g/mol. The van der Waals surface area contributed by atoms with Crippen LogP contribution in [0.5, 0.6) is 0 Å². The number of hydrogen-bond acceptors (Lipinski definition) is 9. The number of carbonyl (C=O) groups excluding carboxylic acids is 4. The standard InChI is InChI=1S/C44H50N8O7/c1-25(2)37(49-43(55)58-5)41(53)51-21-7-9-35(51)39-45-31-19-15-28(23-33(31)47-39)12-11-27-13-16-29(17-14-27)30-18-20-32-34(24-30)48-40(46-32)36-10-8-22-52(36)42(54)38(26(3)57-4)50-44(56)59-6/h13-20,23-26,35-38H,7-10,21-22H2,1-6H3,(H,45,47)(H,46,48)(H,49,55)(H,50,56)/t26-,35+,36+,37?,38+/m1/s1. The summed E-state index contributed by atoms with van der Waals surface area (Å²) in [5.41, 5.74) is 6.98. The number of likely N-dealkylation sites (tertiary alicyclic amines) is 2. The number of hydrogen-bond donors (Lipinski definition) is 4. The van der Waals surface area contributed by atoms with Crippen molar-refractivity contribution in [3.63, 3.8) is 0 Å². The Kier molecular flexibility index (Phi) is 12.2. The molecule has 59 heavy (non-hydrogen) atoms. The second-order valence-electron chi connectivity index (χ2n) is 15.3. The molecule has 4 heterocycles. The quantitative estimate of drug-likeness (QED) is 0.124. The number of nitrogens with zero attached hydrogens (tertiary/aromatic N) is 4. The molecule has 1 unspecified atom stereocenters. The molecule has 2 fully saturated rings. The average molecular weight is 803 g/mol. The zero-order valence-electron chi connectivity index (χ0n) is 34.1.